The maximum absolute atomic E-state index is 12.9. The Morgan fingerprint density at radius 1 is 1.19 bits per heavy atom. The Balaban J connectivity index is 1.48. The van der Waals surface area contributed by atoms with E-state index in [2.05, 4.69) is 15.5 Å². The maximum atomic E-state index is 12.9. The molecule has 0 radical (unpaired) electrons. The number of piperidine rings is 1. The van der Waals surface area contributed by atoms with Crippen molar-refractivity contribution < 1.29 is 22.4 Å². The molecule has 3 heterocycles. The average Bonchev–Trinajstić information content (AvgIpc) is 3.43. The molecular formula is C19H23N5O5S2. The van der Waals surface area contributed by atoms with Crippen molar-refractivity contribution in [1.82, 2.24) is 24.7 Å². The highest BCUT2D eigenvalue weighted by molar-refractivity contribution is 8.00. The van der Waals surface area contributed by atoms with Gasteiger partial charge in [-0.1, -0.05) is 24.2 Å². The smallest absolute Gasteiger partial charge is 0.324 e. The van der Waals surface area contributed by atoms with Gasteiger partial charge in [0.05, 0.1) is 10.1 Å². The molecule has 166 valence electrons. The molecule has 1 atom stereocenters. The van der Waals surface area contributed by atoms with Gasteiger partial charge in [0, 0.05) is 31.7 Å². The molecule has 0 saturated carbocycles. The quantitative estimate of drug-likeness (QED) is 0.642. The summed E-state index contributed by atoms with van der Waals surface area (Å²) in [6.07, 6.45) is 2.76. The van der Waals surface area contributed by atoms with E-state index < -0.39 is 21.3 Å². The summed E-state index contributed by atoms with van der Waals surface area (Å²) in [4.78, 5) is 25.4. The lowest BCUT2D eigenvalue weighted by molar-refractivity contribution is -0.126. The molecule has 12 heteroatoms. The number of nitrogens with zero attached hydrogens (tertiary/aromatic N) is 4. The minimum atomic E-state index is -3.58. The van der Waals surface area contributed by atoms with Crippen LogP contribution in [0.25, 0.3) is 11.5 Å². The molecule has 3 amide bonds. The number of rotatable bonds is 6. The molecule has 0 aliphatic carbocycles. The van der Waals surface area contributed by atoms with Crippen LogP contribution in [0.5, 0.6) is 0 Å². The van der Waals surface area contributed by atoms with Crippen LogP contribution in [0, 0.1) is 0 Å². The minimum absolute atomic E-state index is 0.164. The van der Waals surface area contributed by atoms with Crippen molar-refractivity contribution in [2.24, 2.45) is 0 Å². The lowest BCUT2D eigenvalue weighted by Crippen LogP contribution is -2.38. The lowest BCUT2D eigenvalue weighted by atomic mass is 10.2. The van der Waals surface area contributed by atoms with Crippen molar-refractivity contribution in [2.75, 3.05) is 26.2 Å². The number of aromatic nitrogens is 2. The van der Waals surface area contributed by atoms with Crippen LogP contribution in [0.4, 0.5) is 4.79 Å². The van der Waals surface area contributed by atoms with E-state index >= 15 is 0 Å². The highest BCUT2D eigenvalue weighted by atomic mass is 32.2. The molecule has 10 nitrogen and oxygen atoms in total. The van der Waals surface area contributed by atoms with E-state index in [-0.39, 0.29) is 21.9 Å². The number of hydrogen-bond donors (Lipinski definition) is 1. The monoisotopic (exact) mass is 465 g/mol. The fraction of sp³-hybridized carbons (Fsp3) is 0.474. The van der Waals surface area contributed by atoms with Crippen LogP contribution in [0.15, 0.2) is 38.8 Å². The predicted molar refractivity (Wildman–Crippen MR) is 113 cm³/mol. The Labute approximate surface area is 184 Å². The zero-order valence-corrected chi connectivity index (χ0v) is 18.6. The van der Waals surface area contributed by atoms with E-state index in [4.69, 9.17) is 4.42 Å². The van der Waals surface area contributed by atoms with Crippen LogP contribution < -0.4 is 5.32 Å². The standard InChI is InChI=1S/C19H23N5O5S2/c1-13(17(25)24-11-8-20-18(24)26)30-19-22-21-16(29-19)14-6-5-7-15(12-14)31(27,28)23-9-3-2-4-10-23/h5-7,12-13H,2-4,8-11H2,1H3,(H,20,26)/t13-/m0/s1. The molecule has 2 aliphatic rings. The molecule has 0 bridgehead atoms. The number of urea groups is 1. The summed E-state index contributed by atoms with van der Waals surface area (Å²) in [5, 5.41) is 10.1. The van der Waals surface area contributed by atoms with Crippen LogP contribution >= 0.6 is 11.8 Å². The minimum Gasteiger partial charge on any atom is -0.411 e. The molecular weight excluding hydrogens is 442 g/mol. The first-order valence-electron chi connectivity index (χ1n) is 10.1. The lowest BCUT2D eigenvalue weighted by Gasteiger charge is -2.25. The van der Waals surface area contributed by atoms with Crippen molar-refractivity contribution in [2.45, 2.75) is 41.6 Å². The fourth-order valence-corrected chi connectivity index (χ4v) is 5.83. The third-order valence-electron chi connectivity index (χ3n) is 5.19. The van der Waals surface area contributed by atoms with Gasteiger partial charge in [0.15, 0.2) is 0 Å². The van der Waals surface area contributed by atoms with Gasteiger partial charge < -0.3 is 9.73 Å². The second-order valence-corrected chi connectivity index (χ2v) is 10.6. The number of benzene rings is 1. The third-order valence-corrected chi connectivity index (χ3v) is 8.00. The Morgan fingerprint density at radius 3 is 2.68 bits per heavy atom. The number of hydrogen-bond acceptors (Lipinski definition) is 8. The molecule has 1 aromatic carbocycles. The van der Waals surface area contributed by atoms with Gasteiger partial charge in [-0.2, -0.15) is 4.31 Å². The average molecular weight is 466 g/mol. The van der Waals surface area contributed by atoms with Gasteiger partial charge in [0.2, 0.25) is 21.8 Å². The van der Waals surface area contributed by atoms with Crippen LogP contribution in [0.2, 0.25) is 0 Å². The van der Waals surface area contributed by atoms with Crippen LogP contribution in [0.3, 0.4) is 0 Å². The van der Waals surface area contributed by atoms with Crippen LogP contribution in [0.1, 0.15) is 26.2 Å². The summed E-state index contributed by atoms with van der Waals surface area (Å²) < 4.78 is 33.0. The topological polar surface area (TPSA) is 126 Å². The SMILES string of the molecule is C[C@H](Sc1nnc(-c2cccc(S(=O)(=O)N3CCCCC3)c2)o1)C(=O)N1CCNC1=O. The van der Waals surface area contributed by atoms with Crippen molar-refractivity contribution in [3.05, 3.63) is 24.3 Å². The second kappa shape index (κ2) is 8.97. The van der Waals surface area contributed by atoms with Crippen LogP contribution in [-0.4, -0.2) is 71.2 Å². The van der Waals surface area contributed by atoms with Crippen molar-refractivity contribution in [1.29, 1.82) is 0 Å². The zero-order valence-electron chi connectivity index (χ0n) is 17.0. The number of nitrogens with one attached hydrogen (secondary N) is 1. The second-order valence-electron chi connectivity index (χ2n) is 7.35. The molecule has 2 aliphatic heterocycles. The van der Waals surface area contributed by atoms with Gasteiger partial charge in [0.25, 0.3) is 5.22 Å². The maximum Gasteiger partial charge on any atom is 0.324 e. The van der Waals surface area contributed by atoms with Gasteiger partial charge in [-0.3, -0.25) is 9.69 Å². The number of thioether (sulfide) groups is 1. The van der Waals surface area contributed by atoms with Crippen molar-refractivity contribution in [3.8, 4) is 11.5 Å². The number of carbonyl (C=O) groups excluding carboxylic acids is 2. The molecule has 4 rings (SSSR count). The molecule has 1 aromatic heterocycles. The highest BCUT2D eigenvalue weighted by Gasteiger charge is 2.31. The first-order chi connectivity index (χ1) is 14.9. The molecule has 2 saturated heterocycles. The first-order valence-corrected chi connectivity index (χ1v) is 12.4. The zero-order chi connectivity index (χ0) is 22.0. The third kappa shape index (κ3) is 4.60. The number of imide groups is 1. The molecule has 2 aromatic rings. The highest BCUT2D eigenvalue weighted by Crippen LogP contribution is 2.29. The summed E-state index contributed by atoms with van der Waals surface area (Å²) in [7, 11) is -3.58. The number of carbonyl (C=O) groups is 2. The molecule has 31 heavy (non-hydrogen) atoms. The Morgan fingerprint density at radius 2 is 1.97 bits per heavy atom. The molecule has 0 spiro atoms. The fourth-order valence-electron chi connectivity index (χ4n) is 3.52. The molecule has 2 fully saturated rings. The van der Waals surface area contributed by atoms with Crippen molar-refractivity contribution in [3.63, 3.8) is 0 Å². The van der Waals surface area contributed by atoms with E-state index in [1.165, 1.54) is 10.4 Å². The van der Waals surface area contributed by atoms with Gasteiger partial charge >= 0.3 is 6.03 Å². The summed E-state index contributed by atoms with van der Waals surface area (Å²) in [5.74, 6) is -0.175. The first kappa shape index (κ1) is 21.8. The van der Waals surface area contributed by atoms with E-state index in [9.17, 15) is 18.0 Å². The Hall–Kier alpha value is -2.44. The van der Waals surface area contributed by atoms with E-state index in [1.807, 2.05) is 0 Å². The van der Waals surface area contributed by atoms with E-state index in [0.29, 0.717) is 31.7 Å². The van der Waals surface area contributed by atoms with Gasteiger partial charge in [-0.05, 0) is 38.0 Å². The largest absolute Gasteiger partial charge is 0.411 e. The normalized spacial score (nSPS) is 18.7. The summed E-state index contributed by atoms with van der Waals surface area (Å²) in [6.45, 7) is 3.47. The summed E-state index contributed by atoms with van der Waals surface area (Å²) in [5.41, 5.74) is 0.482. The predicted octanol–water partition coefficient (Wildman–Crippen LogP) is 1.94. The van der Waals surface area contributed by atoms with Crippen LogP contribution in [-0.2, 0) is 14.8 Å². The number of sulfonamides is 1. The van der Waals surface area contributed by atoms with Crippen molar-refractivity contribution >= 4 is 33.7 Å². The molecule has 1 N–H and O–H groups in total. The number of amides is 3. The van der Waals surface area contributed by atoms with E-state index in [1.54, 1.807) is 25.1 Å². The Kier molecular flexibility index (Phi) is 6.30. The summed E-state index contributed by atoms with van der Waals surface area (Å²) >= 11 is 1.05. The van der Waals surface area contributed by atoms with E-state index in [0.717, 1.165) is 35.9 Å². The summed E-state index contributed by atoms with van der Waals surface area (Å²) in [6, 6.07) is 6.01. The van der Waals surface area contributed by atoms with Gasteiger partial charge in [0.1, 0.15) is 0 Å². The molecule has 0 unspecified atom stereocenters. The Bertz CT molecular complexity index is 1080. The van der Waals surface area contributed by atoms with Gasteiger partial charge in [-0.15, -0.1) is 10.2 Å². The van der Waals surface area contributed by atoms with Gasteiger partial charge in [-0.25, -0.2) is 13.2 Å².